The van der Waals surface area contributed by atoms with Crippen LogP contribution in [-0.2, 0) is 4.79 Å². The van der Waals surface area contributed by atoms with E-state index in [0.717, 1.165) is 11.4 Å². The zero-order valence-corrected chi connectivity index (χ0v) is 13.6. The van der Waals surface area contributed by atoms with Crippen molar-refractivity contribution in [2.24, 2.45) is 5.92 Å². The minimum atomic E-state index is -0.0342. The summed E-state index contributed by atoms with van der Waals surface area (Å²) >= 11 is 0. The number of carbonyl (C=O) groups is 2. The van der Waals surface area contributed by atoms with E-state index in [0.29, 0.717) is 23.7 Å². The summed E-state index contributed by atoms with van der Waals surface area (Å²) in [6.07, 6.45) is 2.13. The average Bonchev–Trinajstić information content (AvgIpc) is 2.49. The van der Waals surface area contributed by atoms with E-state index < -0.39 is 0 Å². The van der Waals surface area contributed by atoms with E-state index in [4.69, 9.17) is 0 Å². The van der Waals surface area contributed by atoms with Gasteiger partial charge in [-0.15, -0.1) is 0 Å². The van der Waals surface area contributed by atoms with Crippen LogP contribution in [-0.4, -0.2) is 16.7 Å². The predicted octanol–water partition coefficient (Wildman–Crippen LogP) is 4.01. The van der Waals surface area contributed by atoms with Crippen molar-refractivity contribution in [1.29, 1.82) is 0 Å². The number of hydrogen-bond donors (Lipinski definition) is 2. The third kappa shape index (κ3) is 5.21. The molecule has 0 radical (unpaired) electrons. The first-order chi connectivity index (χ1) is 10.9. The lowest BCUT2D eigenvalue weighted by molar-refractivity contribution is -0.116. The molecule has 1 aromatic heterocycles. The molecule has 0 saturated carbocycles. The molecule has 0 aliphatic carbocycles. The Bertz CT molecular complexity index is 676. The van der Waals surface area contributed by atoms with Gasteiger partial charge in [-0.2, -0.15) is 0 Å². The average molecular weight is 311 g/mol. The fourth-order valence-electron chi connectivity index (χ4n) is 2.06. The van der Waals surface area contributed by atoms with Crippen LogP contribution in [0.25, 0.3) is 0 Å². The van der Waals surface area contributed by atoms with Gasteiger partial charge in [-0.1, -0.05) is 13.8 Å². The van der Waals surface area contributed by atoms with Gasteiger partial charge in [-0.25, -0.2) is 4.98 Å². The Morgan fingerprint density at radius 1 is 1.04 bits per heavy atom. The van der Waals surface area contributed by atoms with Crippen molar-refractivity contribution in [3.05, 3.63) is 48.2 Å². The van der Waals surface area contributed by atoms with Gasteiger partial charge in [0.05, 0.1) is 11.9 Å². The van der Waals surface area contributed by atoms with E-state index in [2.05, 4.69) is 15.6 Å². The molecular formula is C18H21N3O2. The number of anilines is 3. The largest absolute Gasteiger partial charge is 0.354 e. The fraction of sp³-hybridized carbons (Fsp3) is 0.278. The topological polar surface area (TPSA) is 71.1 Å². The van der Waals surface area contributed by atoms with Crippen LogP contribution in [0, 0.1) is 5.92 Å². The zero-order valence-electron chi connectivity index (χ0n) is 13.6. The first-order valence-corrected chi connectivity index (χ1v) is 7.58. The third-order valence-corrected chi connectivity index (χ3v) is 3.20. The summed E-state index contributed by atoms with van der Waals surface area (Å²) in [6.45, 7) is 5.54. The highest BCUT2D eigenvalue weighted by molar-refractivity contribution is 5.94. The van der Waals surface area contributed by atoms with Gasteiger partial charge >= 0.3 is 0 Å². The highest BCUT2D eigenvalue weighted by atomic mass is 16.1. The summed E-state index contributed by atoms with van der Waals surface area (Å²) in [5.74, 6) is 0.856. The maximum absolute atomic E-state index is 11.7. The molecule has 0 unspecified atom stereocenters. The van der Waals surface area contributed by atoms with Crippen LogP contribution >= 0.6 is 0 Å². The Morgan fingerprint density at radius 3 is 2.22 bits per heavy atom. The van der Waals surface area contributed by atoms with Crippen molar-refractivity contribution in [1.82, 2.24) is 4.98 Å². The Labute approximate surface area is 136 Å². The van der Waals surface area contributed by atoms with Crippen molar-refractivity contribution in [3.63, 3.8) is 0 Å². The molecule has 5 nitrogen and oxygen atoms in total. The maximum Gasteiger partial charge on any atom is 0.225 e. The molecule has 23 heavy (non-hydrogen) atoms. The van der Waals surface area contributed by atoms with Gasteiger partial charge in [0.25, 0.3) is 0 Å². The molecule has 1 heterocycles. The van der Waals surface area contributed by atoms with Crippen LogP contribution in [0.3, 0.4) is 0 Å². The summed E-state index contributed by atoms with van der Waals surface area (Å²) in [4.78, 5) is 27.2. The molecular weight excluding hydrogens is 290 g/mol. The SMILES string of the molecule is CC(=O)c1ccc(Nc2ccc(NC(=O)CC(C)C)nc2)cc1. The van der Waals surface area contributed by atoms with Crippen molar-refractivity contribution < 1.29 is 9.59 Å². The van der Waals surface area contributed by atoms with Gasteiger partial charge in [-0.3, -0.25) is 9.59 Å². The van der Waals surface area contributed by atoms with E-state index in [9.17, 15) is 9.59 Å². The smallest absolute Gasteiger partial charge is 0.225 e. The van der Waals surface area contributed by atoms with Crippen molar-refractivity contribution >= 4 is 28.9 Å². The molecule has 0 aliphatic heterocycles. The summed E-state index contributed by atoms with van der Waals surface area (Å²) in [6, 6.07) is 10.8. The molecule has 120 valence electrons. The van der Waals surface area contributed by atoms with Gasteiger partial charge in [0, 0.05) is 17.7 Å². The van der Waals surface area contributed by atoms with Crippen molar-refractivity contribution in [2.45, 2.75) is 27.2 Å². The molecule has 2 rings (SSSR count). The standard InChI is InChI=1S/C18H21N3O2/c1-12(2)10-18(23)21-17-9-8-16(11-19-17)20-15-6-4-14(5-7-15)13(3)22/h4-9,11-12,20H,10H2,1-3H3,(H,19,21,23). The first-order valence-electron chi connectivity index (χ1n) is 7.58. The van der Waals surface area contributed by atoms with E-state index >= 15 is 0 Å². The van der Waals surface area contributed by atoms with Gasteiger partial charge < -0.3 is 10.6 Å². The number of nitrogens with zero attached hydrogens (tertiary/aromatic N) is 1. The second kappa shape index (κ2) is 7.54. The van der Waals surface area contributed by atoms with Crippen molar-refractivity contribution in [3.8, 4) is 0 Å². The first kappa shape index (κ1) is 16.7. The number of hydrogen-bond acceptors (Lipinski definition) is 4. The van der Waals surface area contributed by atoms with E-state index in [1.807, 2.05) is 32.0 Å². The number of Topliss-reactive ketones (excluding diaryl/α,β-unsaturated/α-hetero) is 1. The van der Waals surface area contributed by atoms with Crippen molar-refractivity contribution in [2.75, 3.05) is 10.6 Å². The van der Waals surface area contributed by atoms with E-state index in [1.54, 1.807) is 31.3 Å². The van der Waals surface area contributed by atoms with Crippen LogP contribution in [0.2, 0.25) is 0 Å². The van der Waals surface area contributed by atoms with Crippen LogP contribution in [0.4, 0.5) is 17.2 Å². The molecule has 2 aromatic rings. The number of amides is 1. The summed E-state index contributed by atoms with van der Waals surface area (Å²) in [5, 5.41) is 5.97. The number of nitrogens with one attached hydrogen (secondary N) is 2. The Morgan fingerprint density at radius 2 is 1.70 bits per heavy atom. The minimum Gasteiger partial charge on any atom is -0.354 e. The number of ketones is 1. The molecule has 0 bridgehead atoms. The number of benzene rings is 1. The summed E-state index contributed by atoms with van der Waals surface area (Å²) < 4.78 is 0. The molecule has 1 amide bonds. The molecule has 1 aromatic carbocycles. The molecule has 0 aliphatic rings. The van der Waals surface area contributed by atoms with Gasteiger partial charge in [-0.05, 0) is 49.2 Å². The lowest BCUT2D eigenvalue weighted by atomic mass is 10.1. The van der Waals surface area contributed by atoms with Crippen LogP contribution in [0.15, 0.2) is 42.6 Å². The van der Waals surface area contributed by atoms with Crippen LogP contribution < -0.4 is 10.6 Å². The Kier molecular flexibility index (Phi) is 5.46. The summed E-state index contributed by atoms with van der Waals surface area (Å²) in [5.41, 5.74) is 2.35. The second-order valence-electron chi connectivity index (χ2n) is 5.84. The lowest BCUT2D eigenvalue weighted by Gasteiger charge is -2.09. The maximum atomic E-state index is 11.7. The Hall–Kier alpha value is -2.69. The lowest BCUT2D eigenvalue weighted by Crippen LogP contribution is -2.14. The predicted molar refractivity (Wildman–Crippen MR) is 92.1 cm³/mol. The van der Waals surface area contributed by atoms with E-state index in [1.165, 1.54) is 0 Å². The molecule has 2 N–H and O–H groups in total. The van der Waals surface area contributed by atoms with Gasteiger partial charge in [0.15, 0.2) is 5.78 Å². The zero-order chi connectivity index (χ0) is 16.8. The highest BCUT2D eigenvalue weighted by Crippen LogP contribution is 2.18. The number of pyridine rings is 1. The van der Waals surface area contributed by atoms with E-state index in [-0.39, 0.29) is 11.7 Å². The minimum absolute atomic E-state index is 0.0342. The third-order valence-electron chi connectivity index (χ3n) is 3.20. The molecule has 0 saturated heterocycles. The fourth-order valence-corrected chi connectivity index (χ4v) is 2.06. The number of aromatic nitrogens is 1. The molecule has 0 atom stereocenters. The summed E-state index contributed by atoms with van der Waals surface area (Å²) in [7, 11) is 0. The monoisotopic (exact) mass is 311 g/mol. The second-order valence-corrected chi connectivity index (χ2v) is 5.84. The molecule has 5 heteroatoms. The van der Waals surface area contributed by atoms with Crippen LogP contribution in [0.5, 0.6) is 0 Å². The number of carbonyl (C=O) groups excluding carboxylic acids is 2. The number of rotatable bonds is 6. The van der Waals surface area contributed by atoms with Crippen LogP contribution in [0.1, 0.15) is 37.6 Å². The molecule has 0 fully saturated rings. The van der Waals surface area contributed by atoms with Gasteiger partial charge in [0.2, 0.25) is 5.91 Å². The van der Waals surface area contributed by atoms with Gasteiger partial charge in [0.1, 0.15) is 5.82 Å². The highest BCUT2D eigenvalue weighted by Gasteiger charge is 2.06. The molecule has 0 spiro atoms. The quantitative estimate of drug-likeness (QED) is 0.791. The Balaban J connectivity index is 1.97. The normalized spacial score (nSPS) is 10.4.